The van der Waals surface area contributed by atoms with Crippen LogP contribution >= 0.6 is 0 Å². The highest BCUT2D eigenvalue weighted by Crippen LogP contribution is 2.34. The first-order chi connectivity index (χ1) is 31.9. The van der Waals surface area contributed by atoms with Crippen molar-refractivity contribution in [2.75, 3.05) is 32.9 Å². The maximum Gasteiger partial charge on any atom is 0.296 e. The molecule has 14 nitrogen and oxygen atoms in total. The van der Waals surface area contributed by atoms with Gasteiger partial charge < -0.3 is 14.8 Å². The van der Waals surface area contributed by atoms with E-state index in [0.29, 0.717) is 57.1 Å². The highest BCUT2D eigenvalue weighted by atomic mass is 32.2. The van der Waals surface area contributed by atoms with E-state index in [9.17, 15) is 25.3 Å². The summed E-state index contributed by atoms with van der Waals surface area (Å²) >= 11 is 0. The van der Waals surface area contributed by atoms with E-state index in [1.54, 1.807) is 78.9 Å². The van der Waals surface area contributed by atoms with Crippen molar-refractivity contribution in [3.63, 3.8) is 0 Å². The number of nitrogens with one attached hydrogen (secondary N) is 3. The Hall–Kier alpha value is -6.63. The molecule has 0 saturated carbocycles. The van der Waals surface area contributed by atoms with Crippen LogP contribution in [0.4, 0.5) is 0 Å². The molecule has 9 aromatic rings. The molecule has 0 aliphatic rings. The van der Waals surface area contributed by atoms with Crippen molar-refractivity contribution in [3.05, 3.63) is 151 Å². The number of H-pyrrole nitrogens is 2. The third-order valence-electron chi connectivity index (χ3n) is 10.7. The normalized spacial score (nSPS) is 12.1. The van der Waals surface area contributed by atoms with Gasteiger partial charge in [0.15, 0.2) is 10.1 Å². The van der Waals surface area contributed by atoms with Gasteiger partial charge in [0.25, 0.3) is 10.1 Å². The second-order valence-corrected chi connectivity index (χ2v) is 20.6. The molecule has 3 N–H and O–H groups in total. The van der Waals surface area contributed by atoms with Crippen LogP contribution in [-0.4, -0.2) is 78.6 Å². The van der Waals surface area contributed by atoms with Crippen molar-refractivity contribution in [1.29, 1.82) is 0 Å². The van der Waals surface area contributed by atoms with E-state index < -0.39 is 29.8 Å². The zero-order valence-electron chi connectivity index (χ0n) is 36.1. The smallest absolute Gasteiger partial charge is 0.296 e. The molecule has 66 heavy (non-hydrogen) atoms. The SMILES string of the molecule is CCNCCCOc1ccc2n[nH]c(S(=O)(=O)c3cccc4ccccc34)c2c1.Cc1ccc(S(=O)(=O)OCCCOc2ccc3n[nH]c(S(=O)(=O)c4cccc5ccccc45)c3c2)cc1. The second kappa shape index (κ2) is 19.9. The molecular weight excluding hydrogens is 899 g/mol. The molecule has 0 bridgehead atoms. The number of rotatable bonds is 17. The Morgan fingerprint density at radius 3 is 1.53 bits per heavy atom. The number of aromatic nitrogens is 4. The largest absolute Gasteiger partial charge is 0.494 e. The summed E-state index contributed by atoms with van der Waals surface area (Å²) in [5.74, 6) is 1.06. The molecule has 0 saturated heterocycles. The van der Waals surface area contributed by atoms with Gasteiger partial charge in [0.2, 0.25) is 19.7 Å². The quantitative estimate of drug-likeness (QED) is 0.0579. The molecule has 2 aromatic heterocycles. The number of benzene rings is 7. The molecule has 0 radical (unpaired) electrons. The molecule has 0 unspecified atom stereocenters. The number of hydrogen-bond acceptors (Lipinski definition) is 12. The standard InChI is InChI=1S/C27H24N2O6S2.C22H23N3O3S/c1-19-10-13-22(14-11-19)37(32,33)35-17-5-16-34-21-12-15-25-24(18-21)27(29-28-25)36(30,31)26-9-4-7-20-6-2-3-8-23(20)26;1-2-23-13-6-14-28-17-11-12-20-19(15-17)22(25-24-20)29(26,27)21-10-5-8-16-7-3-4-9-18(16)21/h2-4,6-15,18H,5,16-17H2,1H3,(H,28,29);3-5,7-12,15,23H,2,6,13-14H2,1H3,(H,24,25). The van der Waals surface area contributed by atoms with Crippen LogP contribution in [0.5, 0.6) is 11.5 Å². The van der Waals surface area contributed by atoms with Gasteiger partial charge in [0.05, 0.1) is 45.5 Å². The van der Waals surface area contributed by atoms with E-state index in [1.807, 2.05) is 61.5 Å². The average Bonchev–Trinajstić information content (AvgIpc) is 3.97. The summed E-state index contributed by atoms with van der Waals surface area (Å²) in [6.07, 6.45) is 1.19. The minimum atomic E-state index is -3.90. The van der Waals surface area contributed by atoms with Gasteiger partial charge in [-0.15, -0.1) is 0 Å². The van der Waals surface area contributed by atoms with Gasteiger partial charge in [-0.25, -0.2) is 16.8 Å². The molecule has 7 aromatic carbocycles. The fourth-order valence-electron chi connectivity index (χ4n) is 7.36. The van der Waals surface area contributed by atoms with Crippen molar-refractivity contribution in [2.24, 2.45) is 0 Å². The Morgan fingerprint density at radius 2 is 1.02 bits per heavy atom. The van der Waals surface area contributed by atoms with Crippen molar-refractivity contribution in [1.82, 2.24) is 25.7 Å². The van der Waals surface area contributed by atoms with Crippen LogP contribution in [0.15, 0.2) is 170 Å². The van der Waals surface area contributed by atoms with E-state index >= 15 is 0 Å². The molecule has 0 spiro atoms. The predicted molar refractivity (Wildman–Crippen MR) is 254 cm³/mol. The second-order valence-electron chi connectivity index (χ2n) is 15.3. The van der Waals surface area contributed by atoms with E-state index in [2.05, 4.69) is 32.6 Å². The Balaban J connectivity index is 0.000000185. The van der Waals surface area contributed by atoms with Gasteiger partial charge >= 0.3 is 0 Å². The first-order valence-electron chi connectivity index (χ1n) is 21.2. The van der Waals surface area contributed by atoms with Crippen molar-refractivity contribution in [3.8, 4) is 11.5 Å². The fraction of sp³-hybridized carbons (Fsp3) is 0.184. The summed E-state index contributed by atoms with van der Waals surface area (Å²) < 4.78 is 95.3. The van der Waals surface area contributed by atoms with E-state index in [4.69, 9.17) is 13.7 Å². The van der Waals surface area contributed by atoms with Gasteiger partial charge in [-0.3, -0.25) is 14.4 Å². The van der Waals surface area contributed by atoms with Crippen LogP contribution in [0.2, 0.25) is 0 Å². The van der Waals surface area contributed by atoms with Crippen molar-refractivity contribution < 1.29 is 38.9 Å². The summed E-state index contributed by atoms with van der Waals surface area (Å²) in [6, 6.07) is 41.9. The molecule has 0 fully saturated rings. The maximum absolute atomic E-state index is 13.6. The Morgan fingerprint density at radius 1 is 0.530 bits per heavy atom. The number of nitrogens with zero attached hydrogens (tertiary/aromatic N) is 2. The summed E-state index contributed by atoms with van der Waals surface area (Å²) in [7, 11) is -11.5. The number of sulfone groups is 2. The lowest BCUT2D eigenvalue weighted by atomic mass is 10.1. The third-order valence-corrected chi connectivity index (χ3v) is 15.6. The minimum Gasteiger partial charge on any atom is -0.494 e. The topological polar surface area (TPSA) is 199 Å². The summed E-state index contributed by atoms with van der Waals surface area (Å²) in [5, 5.41) is 21.0. The molecule has 0 aliphatic carbocycles. The molecular formula is C49H47N5O9S3. The first-order valence-corrected chi connectivity index (χ1v) is 25.6. The lowest BCUT2D eigenvalue weighted by molar-refractivity contribution is 0.251. The zero-order valence-corrected chi connectivity index (χ0v) is 38.5. The van der Waals surface area contributed by atoms with Crippen molar-refractivity contribution >= 4 is 73.1 Å². The molecule has 0 amide bonds. The Labute approximate surface area is 382 Å². The van der Waals surface area contributed by atoms with Crippen molar-refractivity contribution in [2.45, 2.75) is 51.4 Å². The van der Waals surface area contributed by atoms with Gasteiger partial charge in [0.1, 0.15) is 11.5 Å². The Kier molecular flexibility index (Phi) is 13.8. The van der Waals surface area contributed by atoms with Crippen LogP contribution in [-0.2, 0) is 34.0 Å². The monoisotopic (exact) mass is 945 g/mol. The predicted octanol–water partition coefficient (Wildman–Crippen LogP) is 8.96. The van der Waals surface area contributed by atoms with Crippen LogP contribution in [0.25, 0.3) is 43.4 Å². The number of aryl methyl sites for hydroxylation is 1. The Bertz CT molecular complexity index is 3490. The highest BCUT2D eigenvalue weighted by Gasteiger charge is 2.27. The number of fused-ring (bicyclic) bond motifs is 4. The first kappa shape index (κ1) is 45.9. The van der Waals surface area contributed by atoms with Gasteiger partial charge in [-0.1, -0.05) is 97.4 Å². The molecule has 9 rings (SSSR count). The third kappa shape index (κ3) is 9.95. The number of ether oxygens (including phenoxy) is 2. The maximum atomic E-state index is 13.6. The summed E-state index contributed by atoms with van der Waals surface area (Å²) in [6.45, 7) is 6.43. The van der Waals surface area contributed by atoms with E-state index in [0.717, 1.165) is 35.8 Å². The molecule has 17 heteroatoms. The van der Waals surface area contributed by atoms with Gasteiger partial charge in [-0.2, -0.15) is 18.6 Å². The van der Waals surface area contributed by atoms with Crippen LogP contribution < -0.4 is 14.8 Å². The molecule has 0 atom stereocenters. The van der Waals surface area contributed by atoms with E-state index in [-0.39, 0.29) is 38.0 Å². The summed E-state index contributed by atoms with van der Waals surface area (Å²) in [4.78, 5) is 0.553. The van der Waals surface area contributed by atoms with Crippen LogP contribution in [0.1, 0.15) is 25.3 Å². The molecule has 2 heterocycles. The summed E-state index contributed by atoms with van der Waals surface area (Å²) in [5.41, 5.74) is 2.03. The van der Waals surface area contributed by atoms with Crippen LogP contribution in [0.3, 0.4) is 0 Å². The lowest BCUT2D eigenvalue weighted by Crippen LogP contribution is -2.16. The highest BCUT2D eigenvalue weighted by molar-refractivity contribution is 7.92. The van der Waals surface area contributed by atoms with E-state index in [1.165, 1.54) is 12.1 Å². The van der Waals surface area contributed by atoms with Crippen LogP contribution in [0, 0.1) is 6.92 Å². The van der Waals surface area contributed by atoms with Gasteiger partial charge in [0, 0.05) is 28.0 Å². The fourth-order valence-corrected chi connectivity index (χ4v) is 11.4. The average molecular weight is 946 g/mol. The minimum absolute atomic E-state index is 0.0168. The zero-order chi connectivity index (χ0) is 46.3. The number of hydrogen-bond donors (Lipinski definition) is 3. The molecule has 0 aliphatic heterocycles. The lowest BCUT2D eigenvalue weighted by Gasteiger charge is -2.09. The number of aromatic amines is 2. The van der Waals surface area contributed by atoms with Gasteiger partial charge in [-0.05, 0) is 97.9 Å². The molecule has 340 valence electrons.